The van der Waals surface area contributed by atoms with Crippen molar-refractivity contribution in [2.75, 3.05) is 23.7 Å². The van der Waals surface area contributed by atoms with Gasteiger partial charge >= 0.3 is 0 Å². The minimum Gasteiger partial charge on any atom is -0.352 e. The van der Waals surface area contributed by atoms with Crippen LogP contribution in [0, 0.1) is 0 Å². The van der Waals surface area contributed by atoms with Crippen LogP contribution in [-0.4, -0.2) is 56.6 Å². The zero-order chi connectivity index (χ0) is 27.0. The Morgan fingerprint density at radius 1 is 1.03 bits per heavy atom. The third-order valence-electron chi connectivity index (χ3n) is 6.64. The normalized spacial score (nSPS) is 15.1. The molecule has 3 rings (SSSR count). The van der Waals surface area contributed by atoms with Gasteiger partial charge in [-0.15, -0.1) is 0 Å². The summed E-state index contributed by atoms with van der Waals surface area (Å²) in [5.74, 6) is -0.671. The number of amides is 2. The maximum absolute atomic E-state index is 13.7. The highest BCUT2D eigenvalue weighted by molar-refractivity contribution is 7.92. The Hall–Kier alpha value is -2.29. The Labute approximate surface area is 230 Å². The lowest BCUT2D eigenvalue weighted by molar-refractivity contribution is -0.140. The van der Waals surface area contributed by atoms with E-state index in [9.17, 15) is 18.0 Å². The molecule has 1 atom stereocenters. The summed E-state index contributed by atoms with van der Waals surface area (Å²) < 4.78 is 26.4. The Morgan fingerprint density at radius 2 is 1.65 bits per heavy atom. The number of hydrogen-bond donors (Lipinski definition) is 1. The summed E-state index contributed by atoms with van der Waals surface area (Å²) in [4.78, 5) is 28.6. The number of carbonyl (C=O) groups is 2. The molecule has 1 aliphatic rings. The molecule has 2 aromatic carbocycles. The molecule has 7 nitrogen and oxygen atoms in total. The van der Waals surface area contributed by atoms with E-state index in [1.54, 1.807) is 0 Å². The van der Waals surface area contributed by atoms with Crippen molar-refractivity contribution < 1.29 is 18.0 Å². The van der Waals surface area contributed by atoms with Crippen LogP contribution >= 0.6 is 23.2 Å². The summed E-state index contributed by atoms with van der Waals surface area (Å²) >= 11 is 12.2. The first-order chi connectivity index (χ1) is 17.6. The van der Waals surface area contributed by atoms with Gasteiger partial charge < -0.3 is 10.2 Å². The number of carbonyl (C=O) groups excluding carboxylic acids is 2. The van der Waals surface area contributed by atoms with Crippen molar-refractivity contribution in [2.24, 2.45) is 0 Å². The number of sulfonamides is 1. The molecule has 202 valence electrons. The van der Waals surface area contributed by atoms with E-state index in [1.165, 1.54) is 29.5 Å². The van der Waals surface area contributed by atoms with Gasteiger partial charge in [-0.05, 0) is 49.4 Å². The van der Waals surface area contributed by atoms with E-state index in [1.807, 2.05) is 37.3 Å². The van der Waals surface area contributed by atoms with E-state index in [-0.39, 0.29) is 34.2 Å². The van der Waals surface area contributed by atoms with Crippen LogP contribution in [0.3, 0.4) is 0 Å². The monoisotopic (exact) mass is 567 g/mol. The number of rotatable bonds is 11. The zero-order valence-electron chi connectivity index (χ0n) is 21.3. The molecule has 0 heterocycles. The van der Waals surface area contributed by atoms with E-state index >= 15 is 0 Å². The predicted molar refractivity (Wildman–Crippen MR) is 150 cm³/mol. The average molecular weight is 569 g/mol. The molecule has 0 bridgehead atoms. The topological polar surface area (TPSA) is 86.8 Å². The minimum atomic E-state index is -3.85. The molecule has 2 amide bonds. The summed E-state index contributed by atoms with van der Waals surface area (Å²) in [6, 6.07) is 13.4. The molecule has 1 saturated carbocycles. The Balaban J connectivity index is 1.88. The van der Waals surface area contributed by atoms with Crippen LogP contribution in [0.25, 0.3) is 0 Å². The van der Waals surface area contributed by atoms with Crippen LogP contribution in [0.1, 0.15) is 51.0 Å². The van der Waals surface area contributed by atoms with Crippen molar-refractivity contribution in [2.45, 2.75) is 64.0 Å². The van der Waals surface area contributed by atoms with E-state index in [2.05, 4.69) is 5.32 Å². The average Bonchev–Trinajstić information content (AvgIpc) is 2.84. The fourth-order valence-electron chi connectivity index (χ4n) is 4.74. The van der Waals surface area contributed by atoms with Gasteiger partial charge in [0.05, 0.1) is 11.9 Å². The number of halogens is 2. The number of nitrogens with one attached hydrogen (secondary N) is 1. The van der Waals surface area contributed by atoms with Gasteiger partial charge in [-0.3, -0.25) is 13.9 Å². The first-order valence-corrected chi connectivity index (χ1v) is 15.3. The molecule has 0 unspecified atom stereocenters. The van der Waals surface area contributed by atoms with Crippen LogP contribution in [0.4, 0.5) is 5.69 Å². The molecule has 0 aromatic heterocycles. The molecule has 0 aliphatic heterocycles. The summed E-state index contributed by atoms with van der Waals surface area (Å²) in [5, 5.41) is 3.64. The Kier molecular flexibility index (Phi) is 10.7. The summed E-state index contributed by atoms with van der Waals surface area (Å²) in [6.45, 7) is 1.66. The van der Waals surface area contributed by atoms with Crippen molar-refractivity contribution in [3.05, 3.63) is 64.1 Å². The molecule has 1 aliphatic carbocycles. The van der Waals surface area contributed by atoms with Crippen molar-refractivity contribution in [3.8, 4) is 0 Å². The van der Waals surface area contributed by atoms with E-state index in [4.69, 9.17) is 23.2 Å². The van der Waals surface area contributed by atoms with Gasteiger partial charge in [-0.2, -0.15) is 0 Å². The lowest BCUT2D eigenvalue weighted by Gasteiger charge is -2.34. The molecular weight excluding hydrogens is 533 g/mol. The van der Waals surface area contributed by atoms with Crippen LogP contribution < -0.4 is 9.62 Å². The van der Waals surface area contributed by atoms with Gasteiger partial charge in [0, 0.05) is 22.6 Å². The Bertz CT molecular complexity index is 1150. The van der Waals surface area contributed by atoms with Gasteiger partial charge in [0.15, 0.2) is 0 Å². The molecule has 0 saturated heterocycles. The second-order valence-electron chi connectivity index (χ2n) is 9.49. The van der Waals surface area contributed by atoms with E-state index in [0.717, 1.165) is 41.8 Å². The fourth-order valence-corrected chi connectivity index (χ4v) is 6.08. The number of anilines is 1. The van der Waals surface area contributed by atoms with Gasteiger partial charge in [-0.25, -0.2) is 8.42 Å². The first-order valence-electron chi connectivity index (χ1n) is 12.7. The standard InChI is InChI=1S/C27H35Cl2N3O4S/c1-3-25(27(34)30-23-12-8-5-9-13-23)31(15-14-20-10-6-4-7-11-20)26(33)19-32(37(2,35)36)24-17-21(28)16-22(29)18-24/h4,6-7,10-11,16-18,23,25H,3,5,8-9,12-15,19H2,1-2H3,(H,30,34)/t25-/m1/s1. The number of hydrogen-bond acceptors (Lipinski definition) is 4. The molecule has 1 N–H and O–H groups in total. The lowest BCUT2D eigenvalue weighted by atomic mass is 9.95. The highest BCUT2D eigenvalue weighted by Crippen LogP contribution is 2.27. The van der Waals surface area contributed by atoms with Crippen molar-refractivity contribution in [1.29, 1.82) is 0 Å². The van der Waals surface area contributed by atoms with E-state index < -0.39 is 28.5 Å². The highest BCUT2D eigenvalue weighted by atomic mass is 35.5. The van der Waals surface area contributed by atoms with Gasteiger partial charge in [0.2, 0.25) is 21.8 Å². The van der Waals surface area contributed by atoms with Crippen LogP contribution in [-0.2, 0) is 26.0 Å². The zero-order valence-corrected chi connectivity index (χ0v) is 23.7. The summed E-state index contributed by atoms with van der Waals surface area (Å²) in [7, 11) is -3.85. The fraction of sp³-hybridized carbons (Fsp3) is 0.481. The quantitative estimate of drug-likeness (QED) is 0.411. The van der Waals surface area contributed by atoms with Gasteiger partial charge in [0.1, 0.15) is 12.6 Å². The highest BCUT2D eigenvalue weighted by Gasteiger charge is 2.32. The molecular formula is C27H35Cl2N3O4S. The first kappa shape index (κ1) is 29.3. The molecule has 0 spiro atoms. The van der Waals surface area contributed by atoms with Crippen molar-refractivity contribution in [3.63, 3.8) is 0 Å². The maximum Gasteiger partial charge on any atom is 0.244 e. The van der Waals surface area contributed by atoms with Crippen LogP contribution in [0.15, 0.2) is 48.5 Å². The van der Waals surface area contributed by atoms with Crippen LogP contribution in [0.2, 0.25) is 10.0 Å². The third kappa shape index (κ3) is 8.62. The largest absolute Gasteiger partial charge is 0.352 e. The second-order valence-corrected chi connectivity index (χ2v) is 12.3. The van der Waals surface area contributed by atoms with Gasteiger partial charge in [-0.1, -0.05) is 79.7 Å². The Morgan fingerprint density at radius 3 is 2.22 bits per heavy atom. The summed E-state index contributed by atoms with van der Waals surface area (Å²) in [6.07, 6.45) is 7.13. The number of benzene rings is 2. The van der Waals surface area contributed by atoms with Crippen LogP contribution in [0.5, 0.6) is 0 Å². The van der Waals surface area contributed by atoms with E-state index in [0.29, 0.717) is 12.8 Å². The minimum absolute atomic E-state index is 0.0995. The predicted octanol–water partition coefficient (Wildman–Crippen LogP) is 5.06. The second kappa shape index (κ2) is 13.5. The van der Waals surface area contributed by atoms with Crippen molar-refractivity contribution in [1.82, 2.24) is 10.2 Å². The smallest absolute Gasteiger partial charge is 0.244 e. The number of nitrogens with zero attached hydrogens (tertiary/aromatic N) is 2. The molecule has 10 heteroatoms. The molecule has 0 radical (unpaired) electrons. The SMILES string of the molecule is CC[C@H](C(=O)NC1CCCCC1)N(CCc1ccccc1)C(=O)CN(c1cc(Cl)cc(Cl)c1)S(C)(=O)=O. The van der Waals surface area contributed by atoms with Crippen molar-refractivity contribution >= 4 is 50.7 Å². The summed E-state index contributed by atoms with van der Waals surface area (Å²) in [5.41, 5.74) is 1.21. The maximum atomic E-state index is 13.7. The van der Waals surface area contributed by atoms with Gasteiger partial charge in [0.25, 0.3) is 0 Å². The molecule has 2 aromatic rings. The molecule has 1 fully saturated rings. The lowest BCUT2D eigenvalue weighted by Crippen LogP contribution is -2.54. The third-order valence-corrected chi connectivity index (χ3v) is 8.21. The molecule has 37 heavy (non-hydrogen) atoms.